The number of aryl methyl sites for hydroxylation is 1. The third kappa shape index (κ3) is 3.17. The van der Waals surface area contributed by atoms with E-state index in [9.17, 15) is 14.7 Å². The van der Waals surface area contributed by atoms with E-state index >= 15 is 0 Å². The number of carboxylic acid groups (broad SMARTS) is 1. The van der Waals surface area contributed by atoms with Crippen molar-refractivity contribution >= 4 is 11.9 Å². The zero-order valence-corrected chi connectivity index (χ0v) is 11.6. The van der Waals surface area contributed by atoms with Crippen LogP contribution < -0.4 is 5.73 Å². The molecule has 0 spiro atoms. The van der Waals surface area contributed by atoms with Gasteiger partial charge in [-0.3, -0.25) is 14.5 Å². The van der Waals surface area contributed by atoms with E-state index in [1.807, 2.05) is 36.1 Å². The third-order valence-electron chi connectivity index (χ3n) is 3.92. The van der Waals surface area contributed by atoms with Crippen LogP contribution in [0.2, 0.25) is 0 Å². The lowest BCUT2D eigenvalue weighted by Crippen LogP contribution is -2.42. The number of amides is 1. The number of carboxylic acids is 1. The molecule has 5 heteroatoms. The Hall–Kier alpha value is -1.88. The molecule has 1 aromatic rings. The molecule has 1 aliphatic rings. The quantitative estimate of drug-likeness (QED) is 0.868. The molecule has 1 aliphatic heterocycles. The Labute approximate surface area is 118 Å². The van der Waals surface area contributed by atoms with Gasteiger partial charge in [0.2, 0.25) is 5.91 Å². The first-order chi connectivity index (χ1) is 9.49. The van der Waals surface area contributed by atoms with Crippen molar-refractivity contribution < 1.29 is 14.7 Å². The van der Waals surface area contributed by atoms with Crippen LogP contribution in [0, 0.1) is 12.8 Å². The summed E-state index contributed by atoms with van der Waals surface area (Å²) in [7, 11) is 0. The lowest BCUT2D eigenvalue weighted by molar-refractivity contribution is -0.144. The molecule has 1 heterocycles. The van der Waals surface area contributed by atoms with E-state index in [2.05, 4.69) is 0 Å². The number of carbonyl (C=O) groups is 2. The fraction of sp³-hybridized carbons (Fsp3) is 0.467. The largest absolute Gasteiger partial charge is 0.480 e. The van der Waals surface area contributed by atoms with E-state index < -0.39 is 12.0 Å². The first kappa shape index (κ1) is 14.5. The minimum Gasteiger partial charge on any atom is -0.480 e. The molecule has 3 N–H and O–H groups in total. The van der Waals surface area contributed by atoms with Crippen LogP contribution in [-0.4, -0.2) is 35.0 Å². The SMILES string of the molecule is Cc1ccc(C(C(=O)O)N2CCC(C(N)=O)CC2)cc1. The van der Waals surface area contributed by atoms with Crippen LogP contribution in [0.15, 0.2) is 24.3 Å². The van der Waals surface area contributed by atoms with E-state index in [1.54, 1.807) is 0 Å². The minimum atomic E-state index is -0.855. The van der Waals surface area contributed by atoms with Crippen molar-refractivity contribution in [3.05, 3.63) is 35.4 Å². The zero-order valence-electron chi connectivity index (χ0n) is 11.6. The van der Waals surface area contributed by atoms with Gasteiger partial charge in [0, 0.05) is 19.0 Å². The number of primary amides is 1. The Morgan fingerprint density at radius 2 is 1.80 bits per heavy atom. The number of piperidine rings is 1. The fourth-order valence-electron chi connectivity index (χ4n) is 2.70. The molecular formula is C15H20N2O3. The normalized spacial score (nSPS) is 18.6. The van der Waals surface area contributed by atoms with Crippen molar-refractivity contribution in [3.63, 3.8) is 0 Å². The highest BCUT2D eigenvalue weighted by molar-refractivity contribution is 5.77. The highest BCUT2D eigenvalue weighted by Gasteiger charge is 2.32. The maximum atomic E-state index is 11.6. The molecule has 0 aliphatic carbocycles. The topological polar surface area (TPSA) is 83.6 Å². The van der Waals surface area contributed by atoms with Crippen LogP contribution in [0.1, 0.15) is 30.0 Å². The molecule has 0 aromatic heterocycles. The maximum Gasteiger partial charge on any atom is 0.325 e. The third-order valence-corrected chi connectivity index (χ3v) is 3.92. The average molecular weight is 276 g/mol. The number of hydrogen-bond donors (Lipinski definition) is 2. The van der Waals surface area contributed by atoms with Crippen LogP contribution in [0.3, 0.4) is 0 Å². The molecule has 2 rings (SSSR count). The number of rotatable bonds is 4. The van der Waals surface area contributed by atoms with Crippen molar-refractivity contribution in [3.8, 4) is 0 Å². The summed E-state index contributed by atoms with van der Waals surface area (Å²) in [6, 6.07) is 6.90. The van der Waals surface area contributed by atoms with Crippen LogP contribution >= 0.6 is 0 Å². The standard InChI is InChI=1S/C15H20N2O3/c1-10-2-4-11(5-3-10)13(15(19)20)17-8-6-12(7-9-17)14(16)18/h2-5,12-13H,6-9H2,1H3,(H2,16,18)(H,19,20). The molecule has 20 heavy (non-hydrogen) atoms. The first-order valence-electron chi connectivity index (χ1n) is 6.82. The van der Waals surface area contributed by atoms with Crippen molar-refractivity contribution in [2.24, 2.45) is 11.7 Å². The lowest BCUT2D eigenvalue weighted by Gasteiger charge is -2.34. The van der Waals surface area contributed by atoms with Crippen LogP contribution in [0.5, 0.6) is 0 Å². The molecule has 1 aromatic carbocycles. The van der Waals surface area contributed by atoms with Crippen LogP contribution in [0.25, 0.3) is 0 Å². The Morgan fingerprint density at radius 1 is 1.25 bits per heavy atom. The molecule has 5 nitrogen and oxygen atoms in total. The van der Waals surface area contributed by atoms with Crippen molar-refractivity contribution in [1.82, 2.24) is 4.90 Å². The lowest BCUT2D eigenvalue weighted by atomic mass is 9.93. The van der Waals surface area contributed by atoms with Gasteiger partial charge < -0.3 is 10.8 Å². The van der Waals surface area contributed by atoms with E-state index in [-0.39, 0.29) is 11.8 Å². The molecule has 1 saturated heterocycles. The summed E-state index contributed by atoms with van der Waals surface area (Å²) >= 11 is 0. The second kappa shape index (κ2) is 6.05. The number of aliphatic carboxylic acids is 1. The van der Waals surface area contributed by atoms with Gasteiger partial charge in [-0.1, -0.05) is 29.8 Å². The van der Waals surface area contributed by atoms with Gasteiger partial charge in [0.05, 0.1) is 0 Å². The number of hydrogen-bond acceptors (Lipinski definition) is 3. The predicted octanol–water partition coefficient (Wildman–Crippen LogP) is 1.32. The molecule has 0 radical (unpaired) electrons. The molecule has 1 fully saturated rings. The summed E-state index contributed by atoms with van der Waals surface area (Å²) in [5.41, 5.74) is 7.18. The van der Waals surface area contributed by atoms with Gasteiger partial charge in [-0.2, -0.15) is 0 Å². The number of likely N-dealkylation sites (tertiary alicyclic amines) is 1. The summed E-state index contributed by atoms with van der Waals surface area (Å²) < 4.78 is 0. The minimum absolute atomic E-state index is 0.126. The molecular weight excluding hydrogens is 256 g/mol. The predicted molar refractivity (Wildman–Crippen MR) is 75.0 cm³/mol. The van der Waals surface area contributed by atoms with Gasteiger partial charge in [0.25, 0.3) is 0 Å². The molecule has 0 bridgehead atoms. The van der Waals surface area contributed by atoms with E-state index in [1.165, 1.54) is 0 Å². The second-order valence-corrected chi connectivity index (χ2v) is 5.36. The van der Waals surface area contributed by atoms with Crippen LogP contribution in [-0.2, 0) is 9.59 Å². The van der Waals surface area contributed by atoms with Crippen LogP contribution in [0.4, 0.5) is 0 Å². The van der Waals surface area contributed by atoms with E-state index in [4.69, 9.17) is 5.73 Å². The summed E-state index contributed by atoms with van der Waals surface area (Å²) in [6.45, 7) is 3.13. The van der Waals surface area contributed by atoms with Gasteiger partial charge in [-0.15, -0.1) is 0 Å². The Kier molecular flexibility index (Phi) is 4.39. The van der Waals surface area contributed by atoms with Gasteiger partial charge >= 0.3 is 5.97 Å². The summed E-state index contributed by atoms with van der Waals surface area (Å²) in [5, 5.41) is 9.49. The van der Waals surface area contributed by atoms with Gasteiger partial charge in [0.15, 0.2) is 0 Å². The summed E-state index contributed by atoms with van der Waals surface area (Å²) in [6.07, 6.45) is 1.26. The second-order valence-electron chi connectivity index (χ2n) is 5.36. The highest BCUT2D eigenvalue weighted by atomic mass is 16.4. The molecule has 0 saturated carbocycles. The monoisotopic (exact) mass is 276 g/mol. The average Bonchev–Trinajstić information content (AvgIpc) is 2.41. The van der Waals surface area contributed by atoms with E-state index in [0.717, 1.165) is 11.1 Å². The van der Waals surface area contributed by atoms with Gasteiger partial charge in [-0.25, -0.2) is 0 Å². The van der Waals surface area contributed by atoms with Gasteiger partial charge in [0.1, 0.15) is 6.04 Å². The molecule has 1 unspecified atom stereocenters. The number of nitrogens with zero attached hydrogens (tertiary/aromatic N) is 1. The molecule has 1 atom stereocenters. The van der Waals surface area contributed by atoms with E-state index in [0.29, 0.717) is 25.9 Å². The molecule has 108 valence electrons. The smallest absolute Gasteiger partial charge is 0.325 e. The highest BCUT2D eigenvalue weighted by Crippen LogP contribution is 2.27. The van der Waals surface area contributed by atoms with Crippen molar-refractivity contribution in [2.75, 3.05) is 13.1 Å². The fourth-order valence-corrected chi connectivity index (χ4v) is 2.70. The summed E-state index contributed by atoms with van der Waals surface area (Å²) in [4.78, 5) is 24.6. The number of carbonyl (C=O) groups excluding carboxylic acids is 1. The summed E-state index contributed by atoms with van der Waals surface area (Å²) in [5.74, 6) is -1.27. The van der Waals surface area contributed by atoms with Crippen molar-refractivity contribution in [1.29, 1.82) is 0 Å². The Morgan fingerprint density at radius 3 is 2.25 bits per heavy atom. The Balaban J connectivity index is 2.12. The number of benzene rings is 1. The van der Waals surface area contributed by atoms with Crippen molar-refractivity contribution in [2.45, 2.75) is 25.8 Å². The number of nitrogens with two attached hydrogens (primary N) is 1. The van der Waals surface area contributed by atoms with Gasteiger partial charge in [-0.05, 0) is 25.3 Å². The first-order valence-corrected chi connectivity index (χ1v) is 6.82. The Bertz CT molecular complexity index is 490. The maximum absolute atomic E-state index is 11.6. The zero-order chi connectivity index (χ0) is 14.7. The molecule has 1 amide bonds.